The van der Waals surface area contributed by atoms with Gasteiger partial charge in [0, 0.05) is 30.1 Å². The Balaban J connectivity index is 1.46. The molecule has 4 rings (SSSR count). The second kappa shape index (κ2) is 8.55. The standard InChI is InChI=1S/C22H20Cl2N2O3S/c23-18-8-4-9-19(24)21(18)30(28,29)26-13-11-16(12-14-26)22(27)25-20-10-3-6-15-5-1-2-7-17(15)20/h1-10,16H,11-14H2,(H,25,27). The second-order valence-corrected chi connectivity index (χ2v) is 9.93. The Morgan fingerprint density at radius 3 is 2.20 bits per heavy atom. The number of amides is 1. The molecular formula is C22H20Cl2N2O3S. The molecule has 0 aromatic heterocycles. The van der Waals surface area contributed by atoms with Crippen LogP contribution in [-0.2, 0) is 14.8 Å². The van der Waals surface area contributed by atoms with Gasteiger partial charge in [0.15, 0.2) is 0 Å². The highest BCUT2D eigenvalue weighted by Gasteiger charge is 2.34. The van der Waals surface area contributed by atoms with E-state index in [9.17, 15) is 13.2 Å². The number of piperidine rings is 1. The van der Waals surface area contributed by atoms with E-state index in [0.717, 1.165) is 16.5 Å². The lowest BCUT2D eigenvalue weighted by molar-refractivity contribution is -0.120. The molecule has 0 aliphatic carbocycles. The number of nitrogens with zero attached hydrogens (tertiary/aromatic N) is 1. The van der Waals surface area contributed by atoms with E-state index in [0.29, 0.717) is 12.8 Å². The van der Waals surface area contributed by atoms with E-state index in [-0.39, 0.29) is 39.9 Å². The van der Waals surface area contributed by atoms with Crippen LogP contribution in [0.1, 0.15) is 12.8 Å². The van der Waals surface area contributed by atoms with Crippen LogP contribution >= 0.6 is 23.2 Å². The molecule has 1 fully saturated rings. The molecule has 1 N–H and O–H groups in total. The number of benzene rings is 3. The van der Waals surface area contributed by atoms with Crippen molar-refractivity contribution in [2.45, 2.75) is 17.7 Å². The number of nitrogens with one attached hydrogen (secondary N) is 1. The van der Waals surface area contributed by atoms with Gasteiger partial charge in [-0.25, -0.2) is 8.42 Å². The van der Waals surface area contributed by atoms with E-state index in [1.54, 1.807) is 6.07 Å². The summed E-state index contributed by atoms with van der Waals surface area (Å²) in [6.07, 6.45) is 0.857. The quantitative estimate of drug-likeness (QED) is 0.580. The molecule has 30 heavy (non-hydrogen) atoms. The van der Waals surface area contributed by atoms with Gasteiger partial charge in [0.1, 0.15) is 4.90 Å². The minimum Gasteiger partial charge on any atom is -0.325 e. The summed E-state index contributed by atoms with van der Waals surface area (Å²) < 4.78 is 27.3. The van der Waals surface area contributed by atoms with Gasteiger partial charge in [-0.2, -0.15) is 4.31 Å². The fourth-order valence-electron chi connectivity index (χ4n) is 3.79. The molecule has 156 valence electrons. The van der Waals surface area contributed by atoms with Crippen LogP contribution < -0.4 is 5.32 Å². The van der Waals surface area contributed by atoms with Crippen LogP contribution in [0.3, 0.4) is 0 Å². The average Bonchev–Trinajstić information content (AvgIpc) is 2.74. The van der Waals surface area contributed by atoms with E-state index in [2.05, 4.69) is 5.32 Å². The van der Waals surface area contributed by atoms with E-state index < -0.39 is 10.0 Å². The van der Waals surface area contributed by atoms with Gasteiger partial charge in [0.05, 0.1) is 10.0 Å². The first kappa shape index (κ1) is 21.1. The molecule has 0 unspecified atom stereocenters. The lowest BCUT2D eigenvalue weighted by Gasteiger charge is -2.31. The third-order valence-electron chi connectivity index (χ3n) is 5.39. The Labute approximate surface area is 185 Å². The maximum Gasteiger partial charge on any atom is 0.246 e. The Morgan fingerprint density at radius 2 is 1.50 bits per heavy atom. The molecule has 8 heteroatoms. The Morgan fingerprint density at radius 1 is 0.900 bits per heavy atom. The van der Waals surface area contributed by atoms with Crippen molar-refractivity contribution in [3.05, 3.63) is 70.7 Å². The number of carbonyl (C=O) groups is 1. The lowest BCUT2D eigenvalue weighted by atomic mass is 9.97. The SMILES string of the molecule is O=C(Nc1cccc2ccccc12)C1CCN(S(=O)(=O)c2c(Cl)cccc2Cl)CC1. The number of sulfonamides is 1. The van der Waals surface area contributed by atoms with Crippen LogP contribution in [0.5, 0.6) is 0 Å². The summed E-state index contributed by atoms with van der Waals surface area (Å²) >= 11 is 12.2. The maximum absolute atomic E-state index is 13.0. The zero-order valence-corrected chi connectivity index (χ0v) is 18.3. The van der Waals surface area contributed by atoms with Crippen molar-refractivity contribution < 1.29 is 13.2 Å². The Bertz CT molecular complexity index is 1180. The molecule has 3 aromatic carbocycles. The van der Waals surface area contributed by atoms with E-state index in [1.807, 2.05) is 42.5 Å². The predicted molar refractivity (Wildman–Crippen MR) is 121 cm³/mol. The fourth-order valence-corrected chi connectivity index (χ4v) is 6.35. The van der Waals surface area contributed by atoms with Gasteiger partial charge in [0.25, 0.3) is 0 Å². The summed E-state index contributed by atoms with van der Waals surface area (Å²) in [5.74, 6) is -0.365. The van der Waals surface area contributed by atoms with Crippen LogP contribution in [-0.4, -0.2) is 31.7 Å². The summed E-state index contributed by atoms with van der Waals surface area (Å²) in [7, 11) is -3.82. The highest BCUT2D eigenvalue weighted by molar-refractivity contribution is 7.89. The van der Waals surface area contributed by atoms with Crippen molar-refractivity contribution in [3.8, 4) is 0 Å². The maximum atomic E-state index is 13.0. The molecule has 1 saturated heterocycles. The zero-order chi connectivity index (χ0) is 21.3. The van der Waals surface area contributed by atoms with Crippen molar-refractivity contribution in [1.82, 2.24) is 4.31 Å². The van der Waals surface area contributed by atoms with Gasteiger partial charge < -0.3 is 5.32 Å². The third kappa shape index (κ3) is 4.05. The van der Waals surface area contributed by atoms with Gasteiger partial charge in [0.2, 0.25) is 15.9 Å². The van der Waals surface area contributed by atoms with Crippen molar-refractivity contribution in [1.29, 1.82) is 0 Å². The largest absolute Gasteiger partial charge is 0.325 e. The molecule has 1 aliphatic heterocycles. The van der Waals surface area contributed by atoms with Crippen molar-refractivity contribution in [2.75, 3.05) is 18.4 Å². The van der Waals surface area contributed by atoms with Crippen molar-refractivity contribution >= 4 is 55.6 Å². The van der Waals surface area contributed by atoms with Crippen LogP contribution in [0.2, 0.25) is 10.0 Å². The smallest absolute Gasteiger partial charge is 0.246 e. The number of halogens is 2. The first-order chi connectivity index (χ1) is 14.4. The van der Waals surface area contributed by atoms with Crippen LogP contribution in [0, 0.1) is 5.92 Å². The highest BCUT2D eigenvalue weighted by atomic mass is 35.5. The van der Waals surface area contributed by atoms with Crippen LogP contribution in [0.25, 0.3) is 10.8 Å². The molecule has 1 aliphatic rings. The van der Waals surface area contributed by atoms with Gasteiger partial charge in [-0.15, -0.1) is 0 Å². The molecule has 0 saturated carbocycles. The number of rotatable bonds is 4. The molecule has 5 nitrogen and oxygen atoms in total. The van der Waals surface area contributed by atoms with Crippen LogP contribution in [0.4, 0.5) is 5.69 Å². The monoisotopic (exact) mass is 462 g/mol. The Hall–Kier alpha value is -2.12. The molecule has 0 spiro atoms. The number of hydrogen-bond donors (Lipinski definition) is 1. The summed E-state index contributed by atoms with van der Waals surface area (Å²) in [5, 5.41) is 5.22. The number of hydrogen-bond acceptors (Lipinski definition) is 3. The van der Waals surface area contributed by atoms with E-state index in [4.69, 9.17) is 23.2 Å². The summed E-state index contributed by atoms with van der Waals surface area (Å²) in [6.45, 7) is 0.467. The average molecular weight is 463 g/mol. The van der Waals surface area contributed by atoms with E-state index in [1.165, 1.54) is 16.4 Å². The summed E-state index contributed by atoms with van der Waals surface area (Å²) in [6, 6.07) is 18.2. The molecule has 0 radical (unpaired) electrons. The van der Waals surface area contributed by atoms with Gasteiger partial charge >= 0.3 is 0 Å². The topological polar surface area (TPSA) is 66.5 Å². The first-order valence-electron chi connectivity index (χ1n) is 9.61. The van der Waals surface area contributed by atoms with Gasteiger partial charge in [-0.05, 0) is 36.4 Å². The van der Waals surface area contributed by atoms with Crippen molar-refractivity contribution in [2.24, 2.45) is 5.92 Å². The zero-order valence-electron chi connectivity index (χ0n) is 16.0. The van der Waals surface area contributed by atoms with Gasteiger partial charge in [-0.1, -0.05) is 65.7 Å². The number of anilines is 1. The molecule has 0 bridgehead atoms. The minimum absolute atomic E-state index is 0.0769. The fraction of sp³-hybridized carbons (Fsp3) is 0.227. The van der Waals surface area contributed by atoms with Crippen molar-refractivity contribution in [3.63, 3.8) is 0 Å². The molecule has 3 aromatic rings. The number of fused-ring (bicyclic) bond motifs is 1. The lowest BCUT2D eigenvalue weighted by Crippen LogP contribution is -2.41. The predicted octanol–water partition coefficient (Wildman–Crippen LogP) is 5.19. The minimum atomic E-state index is -3.82. The molecule has 0 atom stereocenters. The summed E-state index contributed by atoms with van der Waals surface area (Å²) in [5.41, 5.74) is 0.760. The van der Waals surface area contributed by atoms with Crippen LogP contribution in [0.15, 0.2) is 65.6 Å². The molecule has 1 amide bonds. The third-order valence-corrected chi connectivity index (χ3v) is 8.24. The molecule has 1 heterocycles. The van der Waals surface area contributed by atoms with E-state index >= 15 is 0 Å². The van der Waals surface area contributed by atoms with Gasteiger partial charge in [-0.3, -0.25) is 4.79 Å². The summed E-state index contributed by atoms with van der Waals surface area (Å²) in [4.78, 5) is 12.7. The molecular weight excluding hydrogens is 443 g/mol. The normalized spacial score (nSPS) is 15.9. The Kier molecular flexibility index (Phi) is 6.02. The first-order valence-corrected chi connectivity index (χ1v) is 11.8. The number of carbonyl (C=O) groups excluding carboxylic acids is 1. The second-order valence-electron chi connectivity index (χ2n) is 7.25. The highest BCUT2D eigenvalue weighted by Crippen LogP contribution is 2.33.